The summed E-state index contributed by atoms with van der Waals surface area (Å²) in [6.07, 6.45) is 2.82. The Morgan fingerprint density at radius 3 is 2.33 bits per heavy atom. The Bertz CT molecular complexity index is 1590. The topological polar surface area (TPSA) is 108 Å². The number of aliphatic hydroxyl groups excluding tert-OH is 1. The fourth-order valence-corrected chi connectivity index (χ4v) is 8.55. The first-order valence-corrected chi connectivity index (χ1v) is 17.3. The molecule has 6 atom stereocenters. The monoisotopic (exact) mass is 654 g/mol. The number of rotatable bonds is 11. The predicted octanol–water partition coefficient (Wildman–Crippen LogP) is 7.02. The number of nitrogens with zero attached hydrogens (tertiary/aromatic N) is 1. The average Bonchev–Trinajstić information content (AvgIpc) is 3.30. The van der Waals surface area contributed by atoms with Crippen molar-refractivity contribution in [3.05, 3.63) is 95.1 Å². The maximum absolute atomic E-state index is 12.0. The third-order valence-electron chi connectivity index (χ3n) is 10.6. The molecule has 2 unspecified atom stereocenters. The van der Waals surface area contributed by atoms with Gasteiger partial charge in [0.1, 0.15) is 0 Å². The number of aliphatic hydroxyl groups is 1. The summed E-state index contributed by atoms with van der Waals surface area (Å²) >= 11 is 0. The summed E-state index contributed by atoms with van der Waals surface area (Å²) in [5, 5.41) is 21.3. The summed E-state index contributed by atoms with van der Waals surface area (Å²) in [7, 11) is 0. The van der Waals surface area contributed by atoms with Crippen LogP contribution in [0, 0.1) is 16.7 Å². The molecule has 2 aliphatic heterocycles. The molecule has 2 heterocycles. The Hall–Kier alpha value is -3.56. The lowest BCUT2D eigenvalue weighted by atomic mass is 9.65. The molecule has 8 heteroatoms. The smallest absolute Gasteiger partial charge is 0.303 e. The molecule has 3 fully saturated rings. The van der Waals surface area contributed by atoms with Crippen molar-refractivity contribution in [2.45, 2.75) is 97.5 Å². The van der Waals surface area contributed by atoms with Gasteiger partial charge in [-0.15, -0.1) is 0 Å². The second-order valence-electron chi connectivity index (χ2n) is 15.5. The van der Waals surface area contributed by atoms with Gasteiger partial charge < -0.3 is 25.0 Å². The summed E-state index contributed by atoms with van der Waals surface area (Å²) in [6.45, 7) is 11.9. The van der Waals surface area contributed by atoms with Crippen LogP contribution in [0.5, 0.6) is 0 Å². The minimum atomic E-state index is -0.982. The number of fused-ring (bicyclic) bond motifs is 2. The first-order valence-electron chi connectivity index (χ1n) is 17.3. The van der Waals surface area contributed by atoms with Crippen molar-refractivity contribution in [2.24, 2.45) is 16.7 Å². The molecule has 3 N–H and O–H groups in total. The number of benzene rings is 3. The van der Waals surface area contributed by atoms with Crippen LogP contribution < -0.4 is 5.32 Å². The molecule has 1 aliphatic carbocycles. The quantitative estimate of drug-likeness (QED) is 0.204. The normalized spacial score (nSPS) is 28.2. The number of carbonyl (C=O) groups is 2. The van der Waals surface area contributed by atoms with Crippen LogP contribution in [0.3, 0.4) is 0 Å². The Morgan fingerprint density at radius 2 is 1.62 bits per heavy atom. The van der Waals surface area contributed by atoms with Crippen LogP contribution >= 0.6 is 0 Å². The van der Waals surface area contributed by atoms with E-state index in [1.54, 1.807) is 0 Å². The van der Waals surface area contributed by atoms with Gasteiger partial charge in [-0.25, -0.2) is 0 Å². The third kappa shape index (κ3) is 8.00. The van der Waals surface area contributed by atoms with E-state index < -0.39 is 12.3 Å². The van der Waals surface area contributed by atoms with E-state index in [4.69, 9.17) is 14.6 Å². The average molecular weight is 655 g/mol. The van der Waals surface area contributed by atoms with E-state index in [0.29, 0.717) is 23.4 Å². The fraction of sp³-hybridized carbons (Fsp3) is 0.500. The molecule has 3 aromatic carbocycles. The summed E-state index contributed by atoms with van der Waals surface area (Å²) in [5.41, 5.74) is 6.63. The number of carboxylic acid groups (broad SMARTS) is 1. The maximum Gasteiger partial charge on any atom is 0.303 e. The Morgan fingerprint density at radius 1 is 0.896 bits per heavy atom. The molecule has 0 spiro atoms. The number of carboxylic acids is 1. The minimum absolute atomic E-state index is 0.0118. The van der Waals surface area contributed by atoms with Gasteiger partial charge in [0.2, 0.25) is 5.91 Å². The van der Waals surface area contributed by atoms with E-state index in [9.17, 15) is 14.7 Å². The predicted molar refractivity (Wildman–Crippen MR) is 185 cm³/mol. The van der Waals surface area contributed by atoms with Crippen molar-refractivity contribution in [1.29, 1.82) is 0 Å². The minimum Gasteiger partial charge on any atom is -0.481 e. The second kappa shape index (κ2) is 14.1. The van der Waals surface area contributed by atoms with Crippen molar-refractivity contribution in [1.82, 2.24) is 10.2 Å². The lowest BCUT2D eigenvalue weighted by Crippen LogP contribution is -2.46. The second-order valence-corrected chi connectivity index (χ2v) is 15.5. The number of likely N-dealkylation sites (tertiary alicyclic amines) is 1. The van der Waals surface area contributed by atoms with Gasteiger partial charge in [0.25, 0.3) is 0 Å². The lowest BCUT2D eigenvalue weighted by molar-refractivity contribution is -0.276. The van der Waals surface area contributed by atoms with E-state index in [0.717, 1.165) is 46.5 Å². The molecule has 6 rings (SSSR count). The Balaban J connectivity index is 1.19. The van der Waals surface area contributed by atoms with Crippen LogP contribution in [0.2, 0.25) is 0 Å². The summed E-state index contributed by atoms with van der Waals surface area (Å²) in [4.78, 5) is 25.5. The molecule has 1 amide bonds. The van der Waals surface area contributed by atoms with Gasteiger partial charge in [-0.2, -0.15) is 0 Å². The zero-order chi connectivity index (χ0) is 34.1. The summed E-state index contributed by atoms with van der Waals surface area (Å²) in [6, 6.07) is 25.0. The van der Waals surface area contributed by atoms with Crippen molar-refractivity contribution < 1.29 is 29.3 Å². The number of carbonyl (C=O) groups excluding carboxylic acids is 1. The summed E-state index contributed by atoms with van der Waals surface area (Å²) < 4.78 is 13.6. The fourth-order valence-electron chi connectivity index (χ4n) is 8.55. The number of ether oxygens (including phenoxy) is 2. The van der Waals surface area contributed by atoms with Crippen molar-refractivity contribution in [3.63, 3.8) is 0 Å². The maximum atomic E-state index is 12.0. The number of hydrogen-bond acceptors (Lipinski definition) is 6. The molecule has 8 nitrogen and oxygen atoms in total. The molecule has 3 aliphatic rings. The first kappa shape index (κ1) is 34.3. The molecule has 1 saturated carbocycles. The van der Waals surface area contributed by atoms with Gasteiger partial charge in [-0.3, -0.25) is 14.5 Å². The SMILES string of the molecule is C[C@@H]1[C@H](CN2CC3(C)CC2CC(C)(C)C3)O[C@H](c2ccc(-c3cccc(CNC(=O)CCC(=O)O)c3)cc2)O[C@@H]1c1ccc(CO)cc1. The molecule has 256 valence electrons. The molecule has 48 heavy (non-hydrogen) atoms. The van der Waals surface area contributed by atoms with E-state index in [1.807, 2.05) is 36.4 Å². The largest absolute Gasteiger partial charge is 0.481 e. The highest BCUT2D eigenvalue weighted by Gasteiger charge is 2.51. The molecular formula is C40H50N2O6. The van der Waals surface area contributed by atoms with Gasteiger partial charge in [-0.1, -0.05) is 94.4 Å². The Kier molecular flexibility index (Phi) is 10.1. The number of amides is 1. The van der Waals surface area contributed by atoms with Crippen LogP contribution in [-0.2, 0) is 32.2 Å². The first-order chi connectivity index (χ1) is 22.9. The van der Waals surface area contributed by atoms with E-state index in [1.165, 1.54) is 19.3 Å². The van der Waals surface area contributed by atoms with Gasteiger partial charge in [0, 0.05) is 43.6 Å². The molecule has 0 aromatic heterocycles. The highest BCUT2D eigenvalue weighted by molar-refractivity contribution is 5.80. The highest BCUT2D eigenvalue weighted by atomic mass is 16.7. The van der Waals surface area contributed by atoms with E-state index in [-0.39, 0.29) is 43.5 Å². The number of aliphatic carboxylic acids is 1. The number of hydrogen-bond donors (Lipinski definition) is 3. The standard InChI is InChI=1S/C40H50N2O6/c1-26-34(22-42-25-40(4)20-33(42)19-39(2,3)24-40)47-38(48-37(26)30-10-8-27(23-43)9-11-30)31-14-12-29(13-15-31)32-7-5-6-28(18-32)21-41-35(44)16-17-36(45)46/h5-15,18,26,33-34,37-38,43H,16-17,19-25H2,1-4H3,(H,41,44)(H,45,46)/t26-,33?,34+,37+,38+,40?/m1/s1. The Labute approximate surface area is 284 Å². The molecular weight excluding hydrogens is 604 g/mol. The molecule has 3 aromatic rings. The van der Waals surface area contributed by atoms with Crippen LogP contribution in [0.1, 0.15) is 94.4 Å². The zero-order valence-corrected chi connectivity index (χ0v) is 28.7. The van der Waals surface area contributed by atoms with Gasteiger partial charge in [0.05, 0.1) is 25.2 Å². The van der Waals surface area contributed by atoms with Crippen LogP contribution in [0.25, 0.3) is 11.1 Å². The van der Waals surface area contributed by atoms with Gasteiger partial charge in [-0.05, 0) is 64.0 Å². The molecule has 2 bridgehead atoms. The van der Waals surface area contributed by atoms with Crippen molar-refractivity contribution >= 4 is 11.9 Å². The van der Waals surface area contributed by atoms with E-state index in [2.05, 4.69) is 74.3 Å². The van der Waals surface area contributed by atoms with Crippen LogP contribution in [-0.4, -0.2) is 52.2 Å². The van der Waals surface area contributed by atoms with Gasteiger partial charge >= 0.3 is 5.97 Å². The van der Waals surface area contributed by atoms with Crippen molar-refractivity contribution in [3.8, 4) is 11.1 Å². The van der Waals surface area contributed by atoms with Gasteiger partial charge in [0.15, 0.2) is 6.29 Å². The zero-order valence-electron chi connectivity index (χ0n) is 28.7. The third-order valence-corrected chi connectivity index (χ3v) is 10.6. The van der Waals surface area contributed by atoms with Crippen molar-refractivity contribution in [2.75, 3.05) is 13.1 Å². The summed E-state index contributed by atoms with van der Waals surface area (Å²) in [5.74, 6) is -1.13. The lowest BCUT2D eigenvalue weighted by Gasteiger charge is -2.43. The van der Waals surface area contributed by atoms with E-state index >= 15 is 0 Å². The van der Waals surface area contributed by atoms with Crippen LogP contribution in [0.4, 0.5) is 0 Å². The number of nitrogens with one attached hydrogen (secondary N) is 1. The van der Waals surface area contributed by atoms with Crippen LogP contribution in [0.15, 0.2) is 72.8 Å². The highest BCUT2D eigenvalue weighted by Crippen LogP contribution is 2.53. The molecule has 2 saturated heterocycles. The molecule has 0 radical (unpaired) electrons.